The van der Waals surface area contributed by atoms with Crippen molar-refractivity contribution in [2.75, 3.05) is 32.7 Å². The third kappa shape index (κ3) is 5.65. The fraction of sp³-hybridized carbons (Fsp3) is 0.286. The number of hydrogen-bond donors (Lipinski definition) is 3. The minimum absolute atomic E-state index is 0.0157. The quantitative estimate of drug-likeness (QED) is 0.423. The summed E-state index contributed by atoms with van der Waals surface area (Å²) >= 11 is 0. The summed E-state index contributed by atoms with van der Waals surface area (Å²) in [6, 6.07) is 5.41. The molecule has 0 spiro atoms. The van der Waals surface area contributed by atoms with Gasteiger partial charge in [0, 0.05) is 12.2 Å². The van der Waals surface area contributed by atoms with Crippen molar-refractivity contribution >= 4 is 27.6 Å². The van der Waals surface area contributed by atoms with Crippen molar-refractivity contribution in [2.24, 2.45) is 0 Å². The van der Waals surface area contributed by atoms with Crippen molar-refractivity contribution in [1.82, 2.24) is 4.72 Å². The average molecular weight is 358 g/mol. The second kappa shape index (κ2) is 9.01. The second-order valence-corrected chi connectivity index (χ2v) is 6.11. The van der Waals surface area contributed by atoms with E-state index in [9.17, 15) is 18.0 Å². The molecule has 0 atom stereocenters. The SMILES string of the molecule is COC(=O)/C=C(/Nc1ccc(S(=O)(=O)NCCO)cc1)C(=O)OC. The molecule has 3 N–H and O–H groups in total. The first-order valence-corrected chi connectivity index (χ1v) is 8.18. The maximum atomic E-state index is 11.9. The molecule has 0 saturated carbocycles. The van der Waals surface area contributed by atoms with Gasteiger partial charge in [-0.1, -0.05) is 0 Å². The van der Waals surface area contributed by atoms with Crippen LogP contribution in [0.15, 0.2) is 40.9 Å². The van der Waals surface area contributed by atoms with Crippen LogP contribution >= 0.6 is 0 Å². The van der Waals surface area contributed by atoms with E-state index < -0.39 is 22.0 Å². The summed E-state index contributed by atoms with van der Waals surface area (Å²) < 4.78 is 34.9. The first-order valence-electron chi connectivity index (χ1n) is 6.69. The number of aliphatic hydroxyl groups excluding tert-OH is 1. The van der Waals surface area contributed by atoms with E-state index in [1.807, 2.05) is 0 Å². The van der Waals surface area contributed by atoms with Crippen LogP contribution in [0.4, 0.5) is 5.69 Å². The summed E-state index contributed by atoms with van der Waals surface area (Å²) in [6.45, 7) is -0.420. The van der Waals surface area contributed by atoms with Crippen LogP contribution in [0, 0.1) is 0 Å². The summed E-state index contributed by atoms with van der Waals surface area (Å²) in [5.74, 6) is -1.54. The molecule has 10 heteroatoms. The van der Waals surface area contributed by atoms with E-state index in [-0.39, 0.29) is 23.7 Å². The molecule has 0 radical (unpaired) electrons. The van der Waals surface area contributed by atoms with Crippen molar-refractivity contribution in [2.45, 2.75) is 4.90 Å². The maximum absolute atomic E-state index is 11.9. The number of anilines is 1. The lowest BCUT2D eigenvalue weighted by Crippen LogP contribution is -2.26. The number of carbonyl (C=O) groups is 2. The molecule has 0 heterocycles. The topological polar surface area (TPSA) is 131 Å². The molecular formula is C14H18N2O7S. The zero-order valence-corrected chi connectivity index (χ0v) is 13.9. The molecule has 0 bridgehead atoms. The van der Waals surface area contributed by atoms with Crippen LogP contribution in [0.25, 0.3) is 0 Å². The molecule has 1 rings (SSSR count). The lowest BCUT2D eigenvalue weighted by molar-refractivity contribution is -0.138. The summed E-state index contributed by atoms with van der Waals surface area (Å²) in [4.78, 5) is 22.9. The fourth-order valence-electron chi connectivity index (χ4n) is 1.57. The Morgan fingerprint density at radius 3 is 2.29 bits per heavy atom. The number of esters is 2. The molecular weight excluding hydrogens is 340 g/mol. The maximum Gasteiger partial charge on any atom is 0.354 e. The van der Waals surface area contributed by atoms with Crippen molar-refractivity contribution in [1.29, 1.82) is 0 Å². The van der Waals surface area contributed by atoms with Gasteiger partial charge in [0.1, 0.15) is 5.70 Å². The van der Waals surface area contributed by atoms with E-state index in [1.165, 1.54) is 24.3 Å². The molecule has 1 aromatic rings. The fourth-order valence-corrected chi connectivity index (χ4v) is 2.59. The average Bonchev–Trinajstić information content (AvgIpc) is 2.59. The Labute approximate surface area is 139 Å². The second-order valence-electron chi connectivity index (χ2n) is 4.34. The molecule has 0 aromatic heterocycles. The van der Waals surface area contributed by atoms with Crippen molar-refractivity contribution in [3.8, 4) is 0 Å². The Bertz CT molecular complexity index is 711. The first kappa shape index (κ1) is 19.6. The van der Waals surface area contributed by atoms with Gasteiger partial charge in [0.2, 0.25) is 10.0 Å². The van der Waals surface area contributed by atoms with Crippen LogP contribution < -0.4 is 10.0 Å². The Kier molecular flexibility index (Phi) is 7.36. The van der Waals surface area contributed by atoms with Crippen molar-refractivity contribution < 1.29 is 32.6 Å². The summed E-state index contributed by atoms with van der Waals surface area (Å²) in [5, 5.41) is 11.3. The lowest BCUT2D eigenvalue weighted by Gasteiger charge is -2.10. The molecule has 0 saturated heterocycles. The highest BCUT2D eigenvalue weighted by molar-refractivity contribution is 7.89. The molecule has 0 aliphatic carbocycles. The van der Waals surface area contributed by atoms with Crippen LogP contribution in [0.3, 0.4) is 0 Å². The van der Waals surface area contributed by atoms with Gasteiger partial charge in [-0.2, -0.15) is 0 Å². The number of rotatable bonds is 8. The molecule has 24 heavy (non-hydrogen) atoms. The standard InChI is InChI=1S/C14H18N2O7S/c1-22-13(18)9-12(14(19)23-2)16-10-3-5-11(6-4-10)24(20,21)15-7-8-17/h3-6,9,15-17H,7-8H2,1-2H3/b12-9+. The third-order valence-corrected chi connectivity index (χ3v) is 4.19. The molecule has 132 valence electrons. The molecule has 1 aromatic carbocycles. The monoisotopic (exact) mass is 358 g/mol. The number of carbonyl (C=O) groups excluding carboxylic acids is 2. The van der Waals surface area contributed by atoms with E-state index in [0.29, 0.717) is 5.69 Å². The number of ether oxygens (including phenoxy) is 2. The minimum Gasteiger partial charge on any atom is -0.466 e. The predicted octanol–water partition coefficient (Wildman–Crippen LogP) is -0.401. The molecule has 0 amide bonds. The van der Waals surface area contributed by atoms with Gasteiger partial charge in [0.05, 0.1) is 31.8 Å². The zero-order chi connectivity index (χ0) is 18.2. The number of benzene rings is 1. The molecule has 9 nitrogen and oxygen atoms in total. The Morgan fingerprint density at radius 1 is 1.17 bits per heavy atom. The van der Waals surface area contributed by atoms with Crippen molar-refractivity contribution in [3.05, 3.63) is 36.0 Å². The van der Waals surface area contributed by atoms with Crippen LogP contribution in [0.2, 0.25) is 0 Å². The predicted molar refractivity (Wildman–Crippen MR) is 84.5 cm³/mol. The number of hydrogen-bond acceptors (Lipinski definition) is 8. The number of aliphatic hydroxyl groups is 1. The summed E-state index contributed by atoms with van der Waals surface area (Å²) in [7, 11) is -1.42. The largest absolute Gasteiger partial charge is 0.466 e. The van der Waals surface area contributed by atoms with E-state index in [0.717, 1.165) is 20.3 Å². The van der Waals surface area contributed by atoms with E-state index >= 15 is 0 Å². The van der Waals surface area contributed by atoms with Gasteiger partial charge < -0.3 is 19.9 Å². The molecule has 0 aliphatic heterocycles. The molecule has 0 unspecified atom stereocenters. The van der Waals surface area contributed by atoms with Gasteiger partial charge in [-0.25, -0.2) is 22.7 Å². The van der Waals surface area contributed by atoms with Crippen LogP contribution in [0.5, 0.6) is 0 Å². The highest BCUT2D eigenvalue weighted by Gasteiger charge is 2.15. The van der Waals surface area contributed by atoms with E-state index in [1.54, 1.807) is 0 Å². The first-order chi connectivity index (χ1) is 11.3. The third-order valence-electron chi connectivity index (χ3n) is 2.72. The van der Waals surface area contributed by atoms with Crippen LogP contribution in [0.1, 0.15) is 0 Å². The number of nitrogens with one attached hydrogen (secondary N) is 2. The highest BCUT2D eigenvalue weighted by atomic mass is 32.2. The van der Waals surface area contributed by atoms with Crippen LogP contribution in [-0.2, 0) is 29.1 Å². The molecule has 0 aliphatic rings. The van der Waals surface area contributed by atoms with Crippen LogP contribution in [-0.4, -0.2) is 52.8 Å². The summed E-state index contributed by atoms with van der Waals surface area (Å²) in [6.07, 6.45) is 0.916. The number of methoxy groups -OCH3 is 2. The normalized spacial score (nSPS) is 11.7. The smallest absolute Gasteiger partial charge is 0.354 e. The Morgan fingerprint density at radius 2 is 1.79 bits per heavy atom. The molecule has 0 fully saturated rings. The van der Waals surface area contributed by atoms with E-state index in [2.05, 4.69) is 19.5 Å². The van der Waals surface area contributed by atoms with E-state index in [4.69, 9.17) is 5.11 Å². The van der Waals surface area contributed by atoms with Gasteiger partial charge in [-0.05, 0) is 24.3 Å². The van der Waals surface area contributed by atoms with Gasteiger partial charge >= 0.3 is 11.9 Å². The Hall–Kier alpha value is -2.43. The Balaban J connectivity index is 2.97. The van der Waals surface area contributed by atoms with Gasteiger partial charge in [-0.3, -0.25) is 0 Å². The zero-order valence-electron chi connectivity index (χ0n) is 13.1. The minimum atomic E-state index is -3.73. The van der Waals surface area contributed by atoms with Gasteiger partial charge in [0.25, 0.3) is 0 Å². The lowest BCUT2D eigenvalue weighted by atomic mass is 10.3. The summed E-state index contributed by atoms with van der Waals surface area (Å²) in [5.41, 5.74) is 0.190. The van der Waals surface area contributed by atoms with Crippen molar-refractivity contribution in [3.63, 3.8) is 0 Å². The number of sulfonamides is 1. The van der Waals surface area contributed by atoms with Gasteiger partial charge in [0.15, 0.2) is 0 Å². The highest BCUT2D eigenvalue weighted by Crippen LogP contribution is 2.16. The van der Waals surface area contributed by atoms with Gasteiger partial charge in [-0.15, -0.1) is 0 Å².